The lowest BCUT2D eigenvalue weighted by atomic mass is 10.1. The number of rotatable bonds is 4. The molecule has 17 heavy (non-hydrogen) atoms. The molecule has 2 aromatic rings. The van der Waals surface area contributed by atoms with Gasteiger partial charge in [-0.1, -0.05) is 12.1 Å². The van der Waals surface area contributed by atoms with Crippen LogP contribution in [0.1, 0.15) is 24.4 Å². The molecule has 4 heteroatoms. The van der Waals surface area contributed by atoms with E-state index in [9.17, 15) is 4.39 Å². The minimum Gasteiger partial charge on any atom is -0.334 e. The van der Waals surface area contributed by atoms with Gasteiger partial charge in [-0.25, -0.2) is 9.37 Å². The van der Waals surface area contributed by atoms with Gasteiger partial charge in [-0.2, -0.15) is 0 Å². The molecule has 1 heterocycles. The van der Waals surface area contributed by atoms with E-state index >= 15 is 0 Å². The maximum absolute atomic E-state index is 12.8. The Bertz CT molecular complexity index is 476. The molecule has 0 amide bonds. The number of benzene rings is 1. The molecule has 90 valence electrons. The van der Waals surface area contributed by atoms with Crippen LogP contribution in [0, 0.1) is 5.82 Å². The van der Waals surface area contributed by atoms with Crippen LogP contribution in [0.15, 0.2) is 36.7 Å². The van der Waals surface area contributed by atoms with Crippen molar-refractivity contribution in [2.24, 2.45) is 5.73 Å². The van der Waals surface area contributed by atoms with E-state index in [0.29, 0.717) is 6.42 Å². The molecular formula is C13H16FN3. The maximum atomic E-state index is 12.8. The summed E-state index contributed by atoms with van der Waals surface area (Å²) < 4.78 is 14.8. The zero-order chi connectivity index (χ0) is 12.3. The van der Waals surface area contributed by atoms with Crippen molar-refractivity contribution in [3.63, 3.8) is 0 Å². The van der Waals surface area contributed by atoms with Crippen molar-refractivity contribution in [3.8, 4) is 0 Å². The molecule has 1 aromatic carbocycles. The zero-order valence-corrected chi connectivity index (χ0v) is 9.81. The van der Waals surface area contributed by atoms with Crippen molar-refractivity contribution in [2.75, 3.05) is 0 Å². The van der Waals surface area contributed by atoms with Crippen LogP contribution < -0.4 is 5.73 Å². The third-order valence-electron chi connectivity index (χ3n) is 2.79. The van der Waals surface area contributed by atoms with Gasteiger partial charge in [0.15, 0.2) is 0 Å². The molecule has 2 rings (SSSR count). The van der Waals surface area contributed by atoms with Crippen LogP contribution >= 0.6 is 0 Å². The predicted octanol–water partition coefficient (Wildman–Crippen LogP) is 2.28. The average molecular weight is 233 g/mol. The van der Waals surface area contributed by atoms with Crippen LogP contribution in [0.2, 0.25) is 0 Å². The minimum atomic E-state index is -0.225. The first-order chi connectivity index (χ1) is 8.20. The second kappa shape index (κ2) is 5.10. The molecular weight excluding hydrogens is 217 g/mol. The monoisotopic (exact) mass is 233 g/mol. The average Bonchev–Trinajstić information content (AvgIpc) is 2.80. The van der Waals surface area contributed by atoms with Crippen LogP contribution in [0.3, 0.4) is 0 Å². The highest BCUT2D eigenvalue weighted by Crippen LogP contribution is 2.15. The number of halogens is 1. The van der Waals surface area contributed by atoms with E-state index in [2.05, 4.69) is 11.9 Å². The Balaban J connectivity index is 2.11. The SMILES string of the molecule is CCn1ccnc1C(N)Cc1ccc(F)cc1. The first kappa shape index (κ1) is 11.8. The Morgan fingerprint density at radius 2 is 2.06 bits per heavy atom. The van der Waals surface area contributed by atoms with Crippen LogP contribution in [0.4, 0.5) is 4.39 Å². The summed E-state index contributed by atoms with van der Waals surface area (Å²) in [7, 11) is 0. The van der Waals surface area contributed by atoms with Crippen molar-refractivity contribution in [1.29, 1.82) is 0 Å². The molecule has 0 aliphatic rings. The lowest BCUT2D eigenvalue weighted by Crippen LogP contribution is -2.18. The van der Waals surface area contributed by atoms with E-state index in [1.54, 1.807) is 18.3 Å². The molecule has 0 fully saturated rings. The van der Waals surface area contributed by atoms with Crippen molar-refractivity contribution in [1.82, 2.24) is 9.55 Å². The molecule has 1 atom stereocenters. The van der Waals surface area contributed by atoms with Crippen molar-refractivity contribution >= 4 is 0 Å². The molecule has 0 spiro atoms. The maximum Gasteiger partial charge on any atom is 0.125 e. The summed E-state index contributed by atoms with van der Waals surface area (Å²) in [5.74, 6) is 0.647. The summed E-state index contributed by atoms with van der Waals surface area (Å²) in [6.45, 7) is 2.91. The van der Waals surface area contributed by atoms with Gasteiger partial charge >= 0.3 is 0 Å². The summed E-state index contributed by atoms with van der Waals surface area (Å²) in [5.41, 5.74) is 7.13. The van der Waals surface area contributed by atoms with E-state index in [4.69, 9.17) is 5.73 Å². The van der Waals surface area contributed by atoms with E-state index < -0.39 is 0 Å². The lowest BCUT2D eigenvalue weighted by molar-refractivity contribution is 0.597. The minimum absolute atomic E-state index is 0.157. The molecule has 0 saturated carbocycles. The molecule has 0 aliphatic heterocycles. The van der Waals surface area contributed by atoms with E-state index in [1.165, 1.54) is 12.1 Å². The molecule has 1 unspecified atom stereocenters. The van der Waals surface area contributed by atoms with E-state index in [1.807, 2.05) is 10.8 Å². The number of nitrogens with two attached hydrogens (primary N) is 1. The standard InChI is InChI=1S/C13H16FN3/c1-2-17-8-7-16-13(17)12(15)9-10-3-5-11(14)6-4-10/h3-8,12H,2,9,15H2,1H3. The van der Waals surface area contributed by atoms with Gasteiger partial charge in [-0.15, -0.1) is 0 Å². The third kappa shape index (κ3) is 2.71. The molecule has 1 aromatic heterocycles. The Hall–Kier alpha value is -1.68. The Kier molecular flexibility index (Phi) is 3.54. The summed E-state index contributed by atoms with van der Waals surface area (Å²) in [6, 6.07) is 6.27. The summed E-state index contributed by atoms with van der Waals surface area (Å²) in [5, 5.41) is 0. The van der Waals surface area contributed by atoms with Crippen LogP contribution in [-0.4, -0.2) is 9.55 Å². The van der Waals surface area contributed by atoms with Gasteiger partial charge in [0.05, 0.1) is 6.04 Å². The second-order valence-electron chi connectivity index (χ2n) is 4.01. The quantitative estimate of drug-likeness (QED) is 0.880. The Labute approximate surface area is 100 Å². The van der Waals surface area contributed by atoms with Crippen molar-refractivity contribution < 1.29 is 4.39 Å². The number of imidazole rings is 1. The van der Waals surface area contributed by atoms with Crippen LogP contribution in [0.5, 0.6) is 0 Å². The van der Waals surface area contributed by atoms with Gasteiger partial charge in [-0.3, -0.25) is 0 Å². The first-order valence-corrected chi connectivity index (χ1v) is 5.71. The highest BCUT2D eigenvalue weighted by molar-refractivity contribution is 5.18. The summed E-state index contributed by atoms with van der Waals surface area (Å²) >= 11 is 0. The van der Waals surface area contributed by atoms with Gasteiger partial charge in [0.25, 0.3) is 0 Å². The first-order valence-electron chi connectivity index (χ1n) is 5.71. The smallest absolute Gasteiger partial charge is 0.125 e. The van der Waals surface area contributed by atoms with Gasteiger partial charge in [0.1, 0.15) is 11.6 Å². The Morgan fingerprint density at radius 3 is 2.71 bits per heavy atom. The second-order valence-corrected chi connectivity index (χ2v) is 4.01. The van der Waals surface area contributed by atoms with Gasteiger partial charge in [-0.05, 0) is 31.0 Å². The highest BCUT2D eigenvalue weighted by atomic mass is 19.1. The number of hydrogen-bond acceptors (Lipinski definition) is 2. The summed E-state index contributed by atoms with van der Waals surface area (Å²) in [6.07, 6.45) is 4.33. The number of nitrogens with zero attached hydrogens (tertiary/aromatic N) is 2. The van der Waals surface area contributed by atoms with Crippen LogP contribution in [0.25, 0.3) is 0 Å². The Morgan fingerprint density at radius 1 is 1.35 bits per heavy atom. The molecule has 0 saturated heterocycles. The topological polar surface area (TPSA) is 43.8 Å². The van der Waals surface area contributed by atoms with Gasteiger partial charge in [0.2, 0.25) is 0 Å². The fourth-order valence-electron chi connectivity index (χ4n) is 1.88. The van der Waals surface area contributed by atoms with Gasteiger partial charge < -0.3 is 10.3 Å². The molecule has 0 aliphatic carbocycles. The molecule has 3 nitrogen and oxygen atoms in total. The van der Waals surface area contributed by atoms with Gasteiger partial charge in [0, 0.05) is 18.9 Å². The number of hydrogen-bond donors (Lipinski definition) is 1. The normalized spacial score (nSPS) is 12.6. The fraction of sp³-hybridized carbons (Fsp3) is 0.308. The molecule has 0 radical (unpaired) electrons. The predicted molar refractivity (Wildman–Crippen MR) is 64.9 cm³/mol. The van der Waals surface area contributed by atoms with Crippen LogP contribution in [-0.2, 0) is 13.0 Å². The van der Waals surface area contributed by atoms with E-state index in [0.717, 1.165) is 17.9 Å². The van der Waals surface area contributed by atoms with E-state index in [-0.39, 0.29) is 11.9 Å². The molecule has 0 bridgehead atoms. The van der Waals surface area contributed by atoms with Crippen molar-refractivity contribution in [2.45, 2.75) is 25.9 Å². The largest absolute Gasteiger partial charge is 0.334 e. The third-order valence-corrected chi connectivity index (χ3v) is 2.79. The summed E-state index contributed by atoms with van der Waals surface area (Å²) in [4.78, 5) is 4.26. The fourth-order valence-corrected chi connectivity index (χ4v) is 1.88. The number of aryl methyl sites for hydroxylation is 1. The van der Waals surface area contributed by atoms with Crippen molar-refractivity contribution in [3.05, 3.63) is 53.9 Å². The lowest BCUT2D eigenvalue weighted by Gasteiger charge is -2.13. The highest BCUT2D eigenvalue weighted by Gasteiger charge is 2.12. The molecule has 2 N–H and O–H groups in total. The zero-order valence-electron chi connectivity index (χ0n) is 9.81. The number of aromatic nitrogens is 2.